The Bertz CT molecular complexity index is 584. The lowest BCUT2D eigenvalue weighted by Crippen LogP contribution is -2.14. The summed E-state index contributed by atoms with van der Waals surface area (Å²) in [5.41, 5.74) is 0.846. The fraction of sp³-hybridized carbons (Fsp3) is 0.308. The van der Waals surface area contributed by atoms with E-state index in [0.29, 0.717) is 22.8 Å². The van der Waals surface area contributed by atoms with Crippen LogP contribution in [0.3, 0.4) is 0 Å². The van der Waals surface area contributed by atoms with Crippen molar-refractivity contribution < 1.29 is 5.11 Å². The summed E-state index contributed by atoms with van der Waals surface area (Å²) in [6, 6.07) is 6.75. The highest BCUT2D eigenvalue weighted by molar-refractivity contribution is 6.30. The zero-order chi connectivity index (χ0) is 13.1. The van der Waals surface area contributed by atoms with Crippen molar-refractivity contribution in [3.05, 3.63) is 45.5 Å². The summed E-state index contributed by atoms with van der Waals surface area (Å²) in [5.74, 6) is -0.0178. The third-order valence-corrected chi connectivity index (χ3v) is 3.06. The third kappa shape index (κ3) is 2.43. The molecule has 0 unspecified atom stereocenters. The number of benzene rings is 1. The van der Waals surface area contributed by atoms with Crippen LogP contribution in [0, 0.1) is 0 Å². The number of halogens is 1. The molecule has 0 aliphatic carbocycles. The average Bonchev–Trinajstić information content (AvgIpc) is 2.63. The molecular formula is C13H15ClN2O2. The van der Waals surface area contributed by atoms with Crippen molar-refractivity contribution in [3.8, 4) is 11.6 Å². The van der Waals surface area contributed by atoms with E-state index in [1.807, 2.05) is 0 Å². The van der Waals surface area contributed by atoms with Crippen LogP contribution in [-0.2, 0) is 6.42 Å². The average molecular weight is 267 g/mol. The number of hydrogen-bond donors (Lipinski definition) is 2. The lowest BCUT2D eigenvalue weighted by molar-refractivity contribution is 0.433. The maximum Gasteiger partial charge on any atom is 0.333 e. The minimum atomic E-state index is -0.332. The molecule has 0 bridgehead atoms. The van der Waals surface area contributed by atoms with E-state index in [-0.39, 0.29) is 11.6 Å². The van der Waals surface area contributed by atoms with Crippen molar-refractivity contribution >= 4 is 11.6 Å². The number of aryl methyl sites for hydroxylation is 1. The number of aromatic amines is 1. The van der Waals surface area contributed by atoms with E-state index in [4.69, 9.17) is 11.6 Å². The Morgan fingerprint density at radius 3 is 2.61 bits per heavy atom. The molecule has 1 aromatic heterocycles. The van der Waals surface area contributed by atoms with E-state index in [2.05, 4.69) is 11.9 Å². The van der Waals surface area contributed by atoms with E-state index in [1.165, 1.54) is 4.57 Å². The smallest absolute Gasteiger partial charge is 0.333 e. The standard InChI is InChI=1S/C13H15ClN2O2/c1-2-3-4-11-12(17)16(13(18)15-11)10-7-5-9(14)6-8-10/h5-8,17H,2-4H2,1H3,(H,15,18). The first-order valence-electron chi connectivity index (χ1n) is 5.92. The molecule has 0 saturated carbocycles. The highest BCUT2D eigenvalue weighted by Crippen LogP contribution is 2.21. The van der Waals surface area contributed by atoms with Crippen molar-refractivity contribution in [1.29, 1.82) is 0 Å². The quantitative estimate of drug-likeness (QED) is 0.894. The number of unbranched alkanes of at least 4 members (excludes halogenated alkanes) is 1. The van der Waals surface area contributed by atoms with Gasteiger partial charge in [-0.3, -0.25) is 0 Å². The molecule has 2 aromatic rings. The SMILES string of the molecule is CCCCc1[nH]c(=O)n(-c2ccc(Cl)cc2)c1O. The molecule has 2 N–H and O–H groups in total. The highest BCUT2D eigenvalue weighted by Gasteiger charge is 2.13. The van der Waals surface area contributed by atoms with Crippen LogP contribution in [0.4, 0.5) is 0 Å². The number of nitrogens with one attached hydrogen (secondary N) is 1. The predicted molar refractivity (Wildman–Crippen MR) is 71.7 cm³/mol. The van der Waals surface area contributed by atoms with Gasteiger partial charge in [-0.1, -0.05) is 24.9 Å². The molecule has 1 heterocycles. The van der Waals surface area contributed by atoms with Gasteiger partial charge in [-0.25, -0.2) is 9.36 Å². The minimum Gasteiger partial charge on any atom is -0.493 e. The summed E-state index contributed by atoms with van der Waals surface area (Å²) < 4.78 is 1.25. The second-order valence-electron chi connectivity index (χ2n) is 4.15. The molecule has 0 fully saturated rings. The Morgan fingerprint density at radius 1 is 1.33 bits per heavy atom. The van der Waals surface area contributed by atoms with Crippen LogP contribution in [0.25, 0.3) is 5.69 Å². The maximum absolute atomic E-state index is 11.8. The van der Waals surface area contributed by atoms with E-state index in [0.717, 1.165) is 12.8 Å². The number of aromatic nitrogens is 2. The molecule has 0 aliphatic heterocycles. The molecule has 2 rings (SSSR count). The Labute approximate surface area is 110 Å². The van der Waals surface area contributed by atoms with Gasteiger partial charge in [-0.15, -0.1) is 0 Å². The minimum absolute atomic E-state index is 0.0178. The molecule has 0 aliphatic rings. The van der Waals surface area contributed by atoms with Gasteiger partial charge in [-0.05, 0) is 37.1 Å². The molecule has 96 valence electrons. The molecule has 0 radical (unpaired) electrons. The summed E-state index contributed by atoms with van der Waals surface area (Å²) in [6.45, 7) is 2.06. The first kappa shape index (κ1) is 12.8. The van der Waals surface area contributed by atoms with Crippen molar-refractivity contribution in [3.63, 3.8) is 0 Å². The third-order valence-electron chi connectivity index (χ3n) is 2.81. The van der Waals surface area contributed by atoms with Gasteiger partial charge >= 0.3 is 5.69 Å². The number of aromatic hydroxyl groups is 1. The molecule has 4 nitrogen and oxygen atoms in total. The van der Waals surface area contributed by atoms with Crippen molar-refractivity contribution in [2.45, 2.75) is 26.2 Å². The van der Waals surface area contributed by atoms with E-state index < -0.39 is 0 Å². The molecule has 0 saturated heterocycles. The Hall–Kier alpha value is -1.68. The van der Waals surface area contributed by atoms with E-state index >= 15 is 0 Å². The van der Waals surface area contributed by atoms with Gasteiger partial charge in [0, 0.05) is 5.02 Å². The Morgan fingerprint density at radius 2 is 2.00 bits per heavy atom. The molecule has 18 heavy (non-hydrogen) atoms. The topological polar surface area (TPSA) is 58.0 Å². The van der Waals surface area contributed by atoms with Crippen LogP contribution in [0.2, 0.25) is 5.02 Å². The van der Waals surface area contributed by atoms with Crippen molar-refractivity contribution in [2.75, 3.05) is 0 Å². The van der Waals surface area contributed by atoms with E-state index in [9.17, 15) is 9.90 Å². The highest BCUT2D eigenvalue weighted by atomic mass is 35.5. The van der Waals surface area contributed by atoms with Crippen molar-refractivity contribution in [1.82, 2.24) is 9.55 Å². The fourth-order valence-corrected chi connectivity index (χ4v) is 1.96. The lowest BCUT2D eigenvalue weighted by atomic mass is 10.2. The molecule has 0 atom stereocenters. The van der Waals surface area contributed by atoms with Gasteiger partial charge in [-0.2, -0.15) is 0 Å². The van der Waals surface area contributed by atoms with Gasteiger partial charge in [0.05, 0.1) is 11.4 Å². The normalized spacial score (nSPS) is 10.8. The molecule has 5 heteroatoms. The lowest BCUT2D eigenvalue weighted by Gasteiger charge is -2.03. The second kappa shape index (κ2) is 5.31. The van der Waals surface area contributed by atoms with Crippen LogP contribution in [0.1, 0.15) is 25.5 Å². The first-order valence-corrected chi connectivity index (χ1v) is 6.30. The van der Waals surface area contributed by atoms with Gasteiger partial charge in [0.1, 0.15) is 0 Å². The second-order valence-corrected chi connectivity index (χ2v) is 4.58. The number of rotatable bonds is 4. The van der Waals surface area contributed by atoms with Crippen LogP contribution < -0.4 is 5.69 Å². The fourth-order valence-electron chi connectivity index (χ4n) is 1.83. The van der Waals surface area contributed by atoms with Gasteiger partial charge < -0.3 is 10.1 Å². The van der Waals surface area contributed by atoms with Gasteiger partial charge in [0.15, 0.2) is 0 Å². The number of H-pyrrole nitrogens is 1. The van der Waals surface area contributed by atoms with Gasteiger partial charge in [0.25, 0.3) is 0 Å². The summed E-state index contributed by atoms with van der Waals surface area (Å²) in [7, 11) is 0. The number of nitrogens with zero attached hydrogens (tertiary/aromatic N) is 1. The number of imidazole rings is 1. The van der Waals surface area contributed by atoms with Crippen LogP contribution in [0.15, 0.2) is 29.1 Å². The van der Waals surface area contributed by atoms with E-state index in [1.54, 1.807) is 24.3 Å². The predicted octanol–water partition coefficient (Wildman–Crippen LogP) is 2.87. The number of hydrogen-bond acceptors (Lipinski definition) is 2. The van der Waals surface area contributed by atoms with Crippen molar-refractivity contribution in [2.24, 2.45) is 0 Å². The molecular weight excluding hydrogens is 252 g/mol. The monoisotopic (exact) mass is 266 g/mol. The Kier molecular flexibility index (Phi) is 3.77. The van der Waals surface area contributed by atoms with Crippen LogP contribution in [-0.4, -0.2) is 14.7 Å². The maximum atomic E-state index is 11.8. The zero-order valence-electron chi connectivity index (χ0n) is 10.1. The summed E-state index contributed by atoms with van der Waals surface area (Å²) >= 11 is 5.79. The molecule has 0 spiro atoms. The first-order chi connectivity index (χ1) is 8.63. The molecule has 0 amide bonds. The summed E-state index contributed by atoms with van der Waals surface area (Å²) in [6.07, 6.45) is 2.60. The molecule has 1 aromatic carbocycles. The largest absolute Gasteiger partial charge is 0.493 e. The van der Waals surface area contributed by atoms with Gasteiger partial charge in [0.2, 0.25) is 5.88 Å². The zero-order valence-corrected chi connectivity index (χ0v) is 10.9. The van der Waals surface area contributed by atoms with Crippen LogP contribution in [0.5, 0.6) is 5.88 Å². The Balaban J connectivity index is 2.42. The summed E-state index contributed by atoms with van der Waals surface area (Å²) in [4.78, 5) is 14.5. The summed E-state index contributed by atoms with van der Waals surface area (Å²) in [5, 5.41) is 10.6. The van der Waals surface area contributed by atoms with Crippen LogP contribution >= 0.6 is 11.6 Å².